The SMILES string of the molecule is O=C(O)c1ccc(Oc2ccc(Cl)cc2[N+](=O)[O-])s1. The highest BCUT2D eigenvalue weighted by atomic mass is 35.5. The Morgan fingerprint density at radius 1 is 1.37 bits per heavy atom. The number of carbonyl (C=O) groups is 1. The number of nitrogens with zero attached hydrogens (tertiary/aromatic N) is 1. The first-order valence-corrected chi connectivity index (χ1v) is 6.12. The van der Waals surface area contributed by atoms with Crippen molar-refractivity contribution in [1.82, 2.24) is 0 Å². The highest BCUT2D eigenvalue weighted by Gasteiger charge is 2.17. The molecular formula is C11H6ClNO5S. The van der Waals surface area contributed by atoms with Gasteiger partial charge < -0.3 is 9.84 Å². The van der Waals surface area contributed by atoms with E-state index >= 15 is 0 Å². The fourth-order valence-electron chi connectivity index (χ4n) is 1.32. The zero-order valence-electron chi connectivity index (χ0n) is 9.20. The van der Waals surface area contributed by atoms with Gasteiger partial charge in [0.25, 0.3) is 0 Å². The van der Waals surface area contributed by atoms with Gasteiger partial charge in [0.05, 0.1) is 4.92 Å². The summed E-state index contributed by atoms with van der Waals surface area (Å²) in [7, 11) is 0. The molecule has 0 aliphatic heterocycles. The van der Waals surface area contributed by atoms with Gasteiger partial charge >= 0.3 is 11.7 Å². The van der Waals surface area contributed by atoms with Crippen LogP contribution in [0.3, 0.4) is 0 Å². The van der Waals surface area contributed by atoms with Crippen molar-refractivity contribution in [2.24, 2.45) is 0 Å². The molecule has 2 aromatic rings. The highest BCUT2D eigenvalue weighted by Crippen LogP contribution is 2.36. The van der Waals surface area contributed by atoms with E-state index in [0.29, 0.717) is 0 Å². The topological polar surface area (TPSA) is 89.7 Å². The first-order chi connectivity index (χ1) is 8.97. The van der Waals surface area contributed by atoms with Crippen LogP contribution in [0, 0.1) is 10.1 Å². The normalized spacial score (nSPS) is 10.2. The van der Waals surface area contributed by atoms with E-state index in [4.69, 9.17) is 21.4 Å². The van der Waals surface area contributed by atoms with Crippen LogP contribution in [-0.2, 0) is 0 Å². The van der Waals surface area contributed by atoms with Gasteiger partial charge in [-0.05, 0) is 24.3 Å². The first kappa shape index (κ1) is 13.3. The number of nitro benzene ring substituents is 1. The van der Waals surface area contributed by atoms with E-state index in [1.54, 1.807) is 0 Å². The number of carboxylic acids is 1. The Hall–Kier alpha value is -2.12. The lowest BCUT2D eigenvalue weighted by atomic mass is 10.3. The number of nitro groups is 1. The summed E-state index contributed by atoms with van der Waals surface area (Å²) in [5.41, 5.74) is -0.280. The maximum absolute atomic E-state index is 10.9. The summed E-state index contributed by atoms with van der Waals surface area (Å²) in [6, 6.07) is 6.79. The van der Waals surface area contributed by atoms with Crippen molar-refractivity contribution in [2.75, 3.05) is 0 Å². The molecule has 0 amide bonds. The van der Waals surface area contributed by atoms with Gasteiger partial charge in [-0.15, -0.1) is 0 Å². The number of hydrogen-bond donors (Lipinski definition) is 1. The van der Waals surface area contributed by atoms with Crippen LogP contribution >= 0.6 is 22.9 Å². The first-order valence-electron chi connectivity index (χ1n) is 4.92. The van der Waals surface area contributed by atoms with Crippen molar-refractivity contribution in [3.8, 4) is 10.8 Å². The van der Waals surface area contributed by atoms with Crippen LogP contribution < -0.4 is 4.74 Å². The lowest BCUT2D eigenvalue weighted by Crippen LogP contribution is -1.92. The number of aromatic carboxylic acids is 1. The van der Waals surface area contributed by atoms with Crippen LogP contribution in [0.2, 0.25) is 5.02 Å². The van der Waals surface area contributed by atoms with Crippen molar-refractivity contribution in [2.45, 2.75) is 0 Å². The summed E-state index contributed by atoms with van der Waals surface area (Å²) in [5.74, 6) is -1.07. The van der Waals surface area contributed by atoms with Gasteiger partial charge in [-0.25, -0.2) is 4.79 Å². The van der Waals surface area contributed by atoms with Gasteiger partial charge in [-0.1, -0.05) is 22.9 Å². The number of hydrogen-bond acceptors (Lipinski definition) is 5. The van der Waals surface area contributed by atoms with Crippen molar-refractivity contribution >= 4 is 34.6 Å². The smallest absolute Gasteiger partial charge is 0.345 e. The number of halogens is 1. The Bertz CT molecular complexity index is 654. The quantitative estimate of drug-likeness (QED) is 0.685. The minimum Gasteiger partial charge on any atom is -0.477 e. The molecule has 8 heteroatoms. The van der Waals surface area contributed by atoms with E-state index in [-0.39, 0.29) is 26.4 Å². The maximum Gasteiger partial charge on any atom is 0.345 e. The molecule has 0 aliphatic rings. The molecule has 0 aliphatic carbocycles. The summed E-state index contributed by atoms with van der Waals surface area (Å²) >= 11 is 6.56. The summed E-state index contributed by atoms with van der Waals surface area (Å²) < 4.78 is 5.31. The molecule has 0 bridgehead atoms. The van der Waals surface area contributed by atoms with Gasteiger partial charge in [-0.3, -0.25) is 10.1 Å². The number of benzene rings is 1. The predicted octanol–water partition coefficient (Wildman–Crippen LogP) is 3.80. The average molecular weight is 300 g/mol. The molecule has 0 radical (unpaired) electrons. The summed E-state index contributed by atoms with van der Waals surface area (Å²) in [6.45, 7) is 0. The third kappa shape index (κ3) is 3.01. The molecule has 2 rings (SSSR count). The predicted molar refractivity (Wildman–Crippen MR) is 69.5 cm³/mol. The van der Waals surface area contributed by atoms with Crippen LogP contribution in [0.4, 0.5) is 5.69 Å². The molecule has 19 heavy (non-hydrogen) atoms. The molecule has 1 aromatic carbocycles. The largest absolute Gasteiger partial charge is 0.477 e. The fourth-order valence-corrected chi connectivity index (χ4v) is 2.19. The van der Waals surface area contributed by atoms with Crippen molar-refractivity contribution < 1.29 is 19.6 Å². The third-order valence-corrected chi connectivity index (χ3v) is 3.31. The molecule has 1 aromatic heterocycles. The fraction of sp³-hybridized carbons (Fsp3) is 0. The number of carboxylic acid groups (broad SMARTS) is 1. The van der Waals surface area contributed by atoms with E-state index < -0.39 is 10.9 Å². The highest BCUT2D eigenvalue weighted by molar-refractivity contribution is 7.15. The number of ether oxygens (including phenoxy) is 1. The van der Waals surface area contributed by atoms with E-state index in [1.807, 2.05) is 0 Å². The monoisotopic (exact) mass is 299 g/mol. The second-order valence-electron chi connectivity index (χ2n) is 3.40. The lowest BCUT2D eigenvalue weighted by Gasteiger charge is -2.03. The van der Waals surface area contributed by atoms with Gasteiger partial charge in [0.1, 0.15) is 4.88 Å². The van der Waals surface area contributed by atoms with Gasteiger partial charge in [0.2, 0.25) is 5.75 Å². The van der Waals surface area contributed by atoms with E-state index in [9.17, 15) is 14.9 Å². The summed E-state index contributed by atoms with van der Waals surface area (Å²) in [6.07, 6.45) is 0. The molecule has 0 unspecified atom stereocenters. The van der Waals surface area contributed by atoms with Crippen molar-refractivity contribution in [1.29, 1.82) is 0 Å². The van der Waals surface area contributed by atoms with Crippen LogP contribution in [0.25, 0.3) is 0 Å². The maximum atomic E-state index is 10.9. The molecule has 0 atom stereocenters. The second kappa shape index (κ2) is 5.25. The zero-order chi connectivity index (χ0) is 14.0. The molecule has 0 fully saturated rings. The standard InChI is InChI=1S/C11H6ClNO5S/c12-6-1-2-8(7(5-6)13(16)17)18-10-4-3-9(19-10)11(14)15/h1-5H,(H,14,15). The van der Waals surface area contributed by atoms with E-state index in [0.717, 1.165) is 11.3 Å². The Balaban J connectivity index is 2.32. The molecule has 98 valence electrons. The third-order valence-electron chi connectivity index (χ3n) is 2.12. The van der Waals surface area contributed by atoms with E-state index in [2.05, 4.69) is 0 Å². The molecule has 6 nitrogen and oxygen atoms in total. The minimum atomic E-state index is -1.08. The molecule has 0 spiro atoms. The number of thiophene rings is 1. The number of rotatable bonds is 4. The minimum absolute atomic E-state index is 0.00758. The van der Waals surface area contributed by atoms with Gasteiger partial charge in [0.15, 0.2) is 5.06 Å². The summed E-state index contributed by atoms with van der Waals surface area (Å²) in [4.78, 5) is 21.0. The molecule has 0 saturated heterocycles. The summed E-state index contributed by atoms with van der Waals surface area (Å²) in [5, 5.41) is 20.1. The second-order valence-corrected chi connectivity index (χ2v) is 4.88. The van der Waals surface area contributed by atoms with Crippen LogP contribution in [0.15, 0.2) is 30.3 Å². The van der Waals surface area contributed by atoms with Gasteiger partial charge in [-0.2, -0.15) is 0 Å². The van der Waals surface area contributed by atoms with Gasteiger partial charge in [0, 0.05) is 11.1 Å². The average Bonchev–Trinajstić information content (AvgIpc) is 2.80. The Morgan fingerprint density at radius 2 is 2.11 bits per heavy atom. The van der Waals surface area contributed by atoms with Crippen LogP contribution in [0.1, 0.15) is 9.67 Å². The van der Waals surface area contributed by atoms with Crippen LogP contribution in [0.5, 0.6) is 10.8 Å². The Kier molecular flexibility index (Phi) is 3.68. The van der Waals surface area contributed by atoms with Crippen molar-refractivity contribution in [3.05, 3.63) is 50.3 Å². The van der Waals surface area contributed by atoms with Crippen LogP contribution in [-0.4, -0.2) is 16.0 Å². The van der Waals surface area contributed by atoms with E-state index in [1.165, 1.54) is 30.3 Å². The van der Waals surface area contributed by atoms with Crippen molar-refractivity contribution in [3.63, 3.8) is 0 Å². The molecule has 1 heterocycles. The Morgan fingerprint density at radius 3 is 2.68 bits per heavy atom. The zero-order valence-corrected chi connectivity index (χ0v) is 10.8. The Labute approximate surface area is 116 Å². The molecular weight excluding hydrogens is 294 g/mol. The molecule has 1 N–H and O–H groups in total. The molecule has 0 saturated carbocycles. The lowest BCUT2D eigenvalue weighted by molar-refractivity contribution is -0.385.